The highest BCUT2D eigenvalue weighted by Crippen LogP contribution is 2.27. The van der Waals surface area contributed by atoms with Crippen LogP contribution in [0.2, 0.25) is 0 Å². The second-order valence-corrected chi connectivity index (χ2v) is 7.15. The van der Waals surface area contributed by atoms with Gasteiger partial charge in [0, 0.05) is 31.0 Å². The van der Waals surface area contributed by atoms with E-state index in [0.29, 0.717) is 30.6 Å². The molecule has 0 unspecified atom stereocenters. The van der Waals surface area contributed by atoms with E-state index in [0.717, 1.165) is 43.5 Å². The van der Waals surface area contributed by atoms with E-state index < -0.39 is 0 Å². The Balaban J connectivity index is 1.62. The smallest absolute Gasteiger partial charge is 0.228 e. The van der Waals surface area contributed by atoms with Crippen LogP contribution < -0.4 is 4.74 Å². The van der Waals surface area contributed by atoms with Crippen molar-refractivity contribution in [2.45, 2.75) is 51.9 Å². The van der Waals surface area contributed by atoms with Crippen molar-refractivity contribution in [3.8, 4) is 17.1 Å². The van der Waals surface area contributed by atoms with Crippen LogP contribution in [0.3, 0.4) is 0 Å². The van der Waals surface area contributed by atoms with Crippen LogP contribution in [0.15, 0.2) is 28.8 Å². The molecular formula is C21H29N3O3. The third kappa shape index (κ3) is 5.08. The second-order valence-electron chi connectivity index (χ2n) is 7.15. The molecule has 146 valence electrons. The predicted molar refractivity (Wildman–Crippen MR) is 103 cm³/mol. The van der Waals surface area contributed by atoms with Crippen LogP contribution in [0.1, 0.15) is 51.3 Å². The van der Waals surface area contributed by atoms with Gasteiger partial charge in [-0.05, 0) is 31.4 Å². The molecule has 1 fully saturated rings. The number of rotatable bonds is 9. The number of ether oxygens (including phenoxy) is 1. The number of carbonyl (C=O) groups is 1. The highest BCUT2D eigenvalue weighted by Gasteiger charge is 2.27. The molecule has 0 atom stereocenters. The van der Waals surface area contributed by atoms with E-state index in [2.05, 4.69) is 17.1 Å². The van der Waals surface area contributed by atoms with Crippen LogP contribution in [0.25, 0.3) is 11.4 Å². The minimum atomic E-state index is 0.205. The van der Waals surface area contributed by atoms with E-state index in [1.807, 2.05) is 29.2 Å². The molecular weight excluding hydrogens is 342 g/mol. The summed E-state index contributed by atoms with van der Waals surface area (Å²) in [5.41, 5.74) is 0.856. The molecule has 1 saturated carbocycles. The van der Waals surface area contributed by atoms with Gasteiger partial charge in [-0.25, -0.2) is 0 Å². The normalized spacial score (nSPS) is 14.4. The van der Waals surface area contributed by atoms with Crippen LogP contribution in [0.5, 0.6) is 5.75 Å². The summed E-state index contributed by atoms with van der Waals surface area (Å²) in [6.45, 7) is 3.59. The standard InChI is InChI=1S/C21H29N3O3/c1-3-4-13-24(21(25)16-8-5-6-9-16)14-12-19-22-20(23-27-19)17-10-7-11-18(15-17)26-2/h7,10-11,15-16H,3-6,8-9,12-14H2,1-2H3. The summed E-state index contributed by atoms with van der Waals surface area (Å²) >= 11 is 0. The Morgan fingerprint density at radius 2 is 2.11 bits per heavy atom. The first-order valence-corrected chi connectivity index (χ1v) is 9.97. The molecule has 1 amide bonds. The summed E-state index contributed by atoms with van der Waals surface area (Å²) in [6, 6.07) is 7.59. The monoisotopic (exact) mass is 371 g/mol. The molecule has 1 heterocycles. The molecule has 6 nitrogen and oxygen atoms in total. The minimum absolute atomic E-state index is 0.205. The number of hydrogen-bond acceptors (Lipinski definition) is 5. The van der Waals surface area contributed by atoms with Gasteiger partial charge in [-0.2, -0.15) is 4.98 Å². The quantitative estimate of drug-likeness (QED) is 0.663. The zero-order chi connectivity index (χ0) is 19.1. The van der Waals surface area contributed by atoms with Crippen LogP contribution in [0, 0.1) is 5.92 Å². The van der Waals surface area contributed by atoms with Gasteiger partial charge in [0.2, 0.25) is 17.6 Å². The Labute approximate surface area is 160 Å². The molecule has 6 heteroatoms. The predicted octanol–water partition coefficient (Wildman–Crippen LogP) is 4.11. The molecule has 0 radical (unpaired) electrons. The molecule has 0 N–H and O–H groups in total. The van der Waals surface area contributed by atoms with Gasteiger partial charge in [-0.1, -0.05) is 43.5 Å². The van der Waals surface area contributed by atoms with E-state index in [-0.39, 0.29) is 5.92 Å². The van der Waals surface area contributed by atoms with E-state index in [1.165, 1.54) is 12.8 Å². The molecule has 1 aliphatic rings. The summed E-state index contributed by atoms with van der Waals surface area (Å²) < 4.78 is 10.7. The molecule has 2 aromatic rings. The summed E-state index contributed by atoms with van der Waals surface area (Å²) in [4.78, 5) is 19.3. The van der Waals surface area contributed by atoms with Crippen molar-refractivity contribution >= 4 is 5.91 Å². The zero-order valence-corrected chi connectivity index (χ0v) is 16.3. The SMILES string of the molecule is CCCCN(CCc1nc(-c2cccc(OC)c2)no1)C(=O)C1CCCC1. The fourth-order valence-corrected chi connectivity index (χ4v) is 3.58. The van der Waals surface area contributed by atoms with E-state index in [1.54, 1.807) is 7.11 Å². The molecule has 27 heavy (non-hydrogen) atoms. The second kappa shape index (κ2) is 9.53. The lowest BCUT2D eigenvalue weighted by atomic mass is 10.1. The molecule has 0 bridgehead atoms. The first kappa shape index (κ1) is 19.4. The lowest BCUT2D eigenvalue weighted by Gasteiger charge is -2.25. The third-order valence-electron chi connectivity index (χ3n) is 5.19. The Morgan fingerprint density at radius 1 is 1.30 bits per heavy atom. The number of carbonyl (C=O) groups excluding carboxylic acids is 1. The highest BCUT2D eigenvalue weighted by atomic mass is 16.5. The summed E-state index contributed by atoms with van der Waals surface area (Å²) in [5, 5.41) is 4.08. The number of aromatic nitrogens is 2. The van der Waals surface area contributed by atoms with Crippen molar-refractivity contribution in [1.82, 2.24) is 15.0 Å². The molecule has 1 aromatic heterocycles. The molecule has 0 aliphatic heterocycles. The van der Waals surface area contributed by atoms with Gasteiger partial charge in [-0.15, -0.1) is 0 Å². The van der Waals surface area contributed by atoms with E-state index >= 15 is 0 Å². The van der Waals surface area contributed by atoms with Crippen LogP contribution >= 0.6 is 0 Å². The third-order valence-corrected chi connectivity index (χ3v) is 5.19. The summed E-state index contributed by atoms with van der Waals surface area (Å²) in [5.74, 6) is 2.37. The lowest BCUT2D eigenvalue weighted by molar-refractivity contribution is -0.135. The van der Waals surface area contributed by atoms with Gasteiger partial charge in [0.15, 0.2) is 0 Å². The Bertz CT molecular complexity index is 738. The zero-order valence-electron chi connectivity index (χ0n) is 16.3. The molecule has 3 rings (SSSR count). The summed E-state index contributed by atoms with van der Waals surface area (Å²) in [7, 11) is 1.63. The molecule has 0 spiro atoms. The molecule has 0 saturated heterocycles. The maximum absolute atomic E-state index is 12.8. The van der Waals surface area contributed by atoms with E-state index in [4.69, 9.17) is 9.26 Å². The number of amides is 1. The first-order chi connectivity index (χ1) is 13.2. The average Bonchev–Trinajstić information content (AvgIpc) is 3.40. The maximum Gasteiger partial charge on any atom is 0.228 e. The molecule has 1 aliphatic carbocycles. The Hall–Kier alpha value is -2.37. The van der Waals surface area contributed by atoms with Crippen molar-refractivity contribution in [1.29, 1.82) is 0 Å². The maximum atomic E-state index is 12.8. The van der Waals surface area contributed by atoms with Gasteiger partial charge in [-0.3, -0.25) is 4.79 Å². The van der Waals surface area contributed by atoms with Crippen molar-refractivity contribution in [3.05, 3.63) is 30.2 Å². The van der Waals surface area contributed by atoms with Gasteiger partial charge >= 0.3 is 0 Å². The van der Waals surface area contributed by atoms with Crippen molar-refractivity contribution < 1.29 is 14.1 Å². The van der Waals surface area contributed by atoms with Gasteiger partial charge in [0.25, 0.3) is 0 Å². The van der Waals surface area contributed by atoms with Gasteiger partial charge in [0.1, 0.15) is 5.75 Å². The Morgan fingerprint density at radius 3 is 2.85 bits per heavy atom. The molecule has 1 aromatic carbocycles. The first-order valence-electron chi connectivity index (χ1n) is 9.97. The topological polar surface area (TPSA) is 68.5 Å². The van der Waals surface area contributed by atoms with Crippen LogP contribution in [-0.4, -0.2) is 41.1 Å². The number of nitrogens with zero attached hydrogens (tertiary/aromatic N) is 3. The van der Waals surface area contributed by atoms with Gasteiger partial charge in [0.05, 0.1) is 7.11 Å². The highest BCUT2D eigenvalue weighted by molar-refractivity contribution is 5.79. The average molecular weight is 371 g/mol. The lowest BCUT2D eigenvalue weighted by Crippen LogP contribution is -2.37. The van der Waals surface area contributed by atoms with Crippen molar-refractivity contribution in [3.63, 3.8) is 0 Å². The summed E-state index contributed by atoms with van der Waals surface area (Å²) in [6.07, 6.45) is 7.09. The van der Waals surface area contributed by atoms with Crippen LogP contribution in [-0.2, 0) is 11.2 Å². The minimum Gasteiger partial charge on any atom is -0.497 e. The largest absolute Gasteiger partial charge is 0.497 e. The fourth-order valence-electron chi connectivity index (χ4n) is 3.58. The van der Waals surface area contributed by atoms with Gasteiger partial charge < -0.3 is 14.2 Å². The number of hydrogen-bond donors (Lipinski definition) is 0. The Kier molecular flexibility index (Phi) is 6.85. The van der Waals surface area contributed by atoms with E-state index in [9.17, 15) is 4.79 Å². The number of methoxy groups -OCH3 is 1. The van der Waals surface area contributed by atoms with Crippen molar-refractivity contribution in [2.24, 2.45) is 5.92 Å². The number of unbranched alkanes of at least 4 members (excludes halogenated alkanes) is 1. The van der Waals surface area contributed by atoms with Crippen LogP contribution in [0.4, 0.5) is 0 Å². The van der Waals surface area contributed by atoms with Crippen molar-refractivity contribution in [2.75, 3.05) is 20.2 Å². The fraction of sp³-hybridized carbons (Fsp3) is 0.571. The number of benzene rings is 1.